The summed E-state index contributed by atoms with van der Waals surface area (Å²) in [7, 11) is 1.56. The Hall–Kier alpha value is -3.30. The first-order chi connectivity index (χ1) is 17.2. The number of aryl methyl sites for hydroxylation is 1. The van der Waals surface area contributed by atoms with Crippen LogP contribution in [-0.2, 0) is 17.9 Å². The molecule has 3 heterocycles. The van der Waals surface area contributed by atoms with Gasteiger partial charge in [-0.25, -0.2) is 4.98 Å². The standard InChI is InChI=1S/C28H40N6O3/c1-16(2)31-24-21(13-29)20(10-23(33-24)19-11-27(4,5)34-28(6,7)12-19)25(35)30-14-22-18(15-37-8)9-17(3)32-26(22)36/h9-11,13,16,29,34H,12,14-15H2,1-8H3,(H,30,35)(H,31,33)(H,32,36). The maximum absolute atomic E-state index is 13.5. The molecule has 5 N–H and O–H groups in total. The molecule has 0 spiro atoms. The van der Waals surface area contributed by atoms with E-state index in [1.54, 1.807) is 20.1 Å². The van der Waals surface area contributed by atoms with Crippen molar-refractivity contribution in [3.8, 4) is 0 Å². The topological polar surface area (TPSA) is 132 Å². The summed E-state index contributed by atoms with van der Waals surface area (Å²) >= 11 is 0. The molecule has 0 aliphatic carbocycles. The van der Waals surface area contributed by atoms with E-state index in [-0.39, 0.29) is 41.7 Å². The lowest BCUT2D eigenvalue weighted by Crippen LogP contribution is -2.53. The molecule has 1 amide bonds. The van der Waals surface area contributed by atoms with Gasteiger partial charge in [-0.3, -0.25) is 9.59 Å². The number of aromatic amines is 1. The molecule has 0 radical (unpaired) electrons. The highest BCUT2D eigenvalue weighted by Gasteiger charge is 2.33. The van der Waals surface area contributed by atoms with E-state index in [0.29, 0.717) is 28.2 Å². The van der Waals surface area contributed by atoms with Gasteiger partial charge in [-0.15, -0.1) is 0 Å². The summed E-state index contributed by atoms with van der Waals surface area (Å²) in [6, 6.07) is 3.65. The third-order valence-corrected chi connectivity index (χ3v) is 6.12. The second-order valence-corrected chi connectivity index (χ2v) is 11.2. The van der Waals surface area contributed by atoms with E-state index in [2.05, 4.69) is 54.7 Å². The number of H-pyrrole nitrogens is 1. The van der Waals surface area contributed by atoms with Crippen LogP contribution in [-0.4, -0.2) is 46.3 Å². The lowest BCUT2D eigenvalue weighted by Gasteiger charge is -2.41. The first-order valence-electron chi connectivity index (χ1n) is 12.6. The number of amides is 1. The van der Waals surface area contributed by atoms with Crippen molar-refractivity contribution < 1.29 is 9.53 Å². The average molecular weight is 509 g/mol. The van der Waals surface area contributed by atoms with Gasteiger partial charge >= 0.3 is 0 Å². The van der Waals surface area contributed by atoms with Crippen molar-refractivity contribution >= 4 is 23.5 Å². The van der Waals surface area contributed by atoms with E-state index in [4.69, 9.17) is 15.1 Å². The molecule has 0 bridgehead atoms. The third kappa shape index (κ3) is 6.93. The second kappa shape index (κ2) is 11.0. The molecule has 0 aromatic carbocycles. The molecule has 2 aromatic heterocycles. The van der Waals surface area contributed by atoms with E-state index in [9.17, 15) is 9.59 Å². The minimum Gasteiger partial charge on any atom is -0.380 e. The van der Waals surface area contributed by atoms with Crippen LogP contribution in [0, 0.1) is 12.3 Å². The fraction of sp³-hybridized carbons (Fsp3) is 0.500. The van der Waals surface area contributed by atoms with Crippen LogP contribution in [0.3, 0.4) is 0 Å². The van der Waals surface area contributed by atoms with E-state index < -0.39 is 0 Å². The zero-order valence-electron chi connectivity index (χ0n) is 23.2. The predicted octanol–water partition coefficient (Wildman–Crippen LogP) is 3.91. The van der Waals surface area contributed by atoms with E-state index in [1.807, 2.05) is 19.9 Å². The molecule has 0 fully saturated rings. The lowest BCUT2D eigenvalue weighted by atomic mass is 9.82. The fourth-order valence-electron chi connectivity index (χ4n) is 5.04. The van der Waals surface area contributed by atoms with Gasteiger partial charge in [-0.1, -0.05) is 6.08 Å². The van der Waals surface area contributed by atoms with Crippen LogP contribution in [0.1, 0.15) is 86.4 Å². The van der Waals surface area contributed by atoms with Crippen molar-refractivity contribution in [2.24, 2.45) is 0 Å². The molecule has 0 saturated heterocycles. The van der Waals surface area contributed by atoms with Gasteiger partial charge in [0.25, 0.3) is 11.5 Å². The highest BCUT2D eigenvalue weighted by Crippen LogP contribution is 2.34. The van der Waals surface area contributed by atoms with Crippen LogP contribution >= 0.6 is 0 Å². The van der Waals surface area contributed by atoms with Crippen LogP contribution < -0.4 is 21.5 Å². The van der Waals surface area contributed by atoms with Crippen LogP contribution in [0.5, 0.6) is 0 Å². The van der Waals surface area contributed by atoms with Gasteiger partial charge < -0.3 is 31.1 Å². The number of nitrogens with zero attached hydrogens (tertiary/aromatic N) is 1. The quantitative estimate of drug-likeness (QED) is 0.326. The average Bonchev–Trinajstić information content (AvgIpc) is 2.75. The molecular formula is C28H40N6O3. The first kappa shape index (κ1) is 28.3. The van der Waals surface area contributed by atoms with Gasteiger partial charge in [-0.2, -0.15) is 0 Å². The van der Waals surface area contributed by atoms with Gasteiger partial charge in [0, 0.05) is 53.8 Å². The number of carbonyl (C=O) groups is 1. The number of hydrogen-bond acceptors (Lipinski definition) is 7. The highest BCUT2D eigenvalue weighted by atomic mass is 16.5. The normalized spacial score (nSPS) is 16.3. The number of anilines is 1. The SMILES string of the molecule is COCc1cc(C)[nH]c(=O)c1CNC(=O)c1cc(C2=CC(C)(C)NC(C)(C)C2)nc(NC(C)C)c1C=N. The maximum atomic E-state index is 13.5. The van der Waals surface area contributed by atoms with Gasteiger partial charge in [0.05, 0.1) is 17.9 Å². The smallest absolute Gasteiger partial charge is 0.253 e. The third-order valence-electron chi connectivity index (χ3n) is 6.12. The molecule has 1 aliphatic heterocycles. The Labute approximate surface area is 219 Å². The van der Waals surface area contributed by atoms with Crippen molar-refractivity contribution in [2.45, 2.75) is 85.2 Å². The predicted molar refractivity (Wildman–Crippen MR) is 148 cm³/mol. The molecule has 0 saturated carbocycles. The fourth-order valence-corrected chi connectivity index (χ4v) is 5.04. The van der Waals surface area contributed by atoms with E-state index in [1.165, 1.54) is 0 Å². The van der Waals surface area contributed by atoms with Crippen LogP contribution in [0.15, 0.2) is 23.0 Å². The number of hydrogen-bond donors (Lipinski definition) is 5. The molecular weight excluding hydrogens is 468 g/mol. The summed E-state index contributed by atoms with van der Waals surface area (Å²) in [4.78, 5) is 33.8. The number of pyridine rings is 2. The Balaban J connectivity index is 2.05. The van der Waals surface area contributed by atoms with Crippen molar-refractivity contribution in [3.05, 3.63) is 62.2 Å². The monoisotopic (exact) mass is 508 g/mol. The summed E-state index contributed by atoms with van der Waals surface area (Å²) in [6.07, 6.45) is 4.03. The molecule has 2 aromatic rings. The number of rotatable bonds is 9. The van der Waals surface area contributed by atoms with E-state index >= 15 is 0 Å². The number of carbonyl (C=O) groups excluding carboxylic acids is 1. The number of methoxy groups -OCH3 is 1. The molecule has 0 atom stereocenters. The molecule has 200 valence electrons. The van der Waals surface area contributed by atoms with Crippen molar-refractivity contribution in [1.82, 2.24) is 20.6 Å². The minimum atomic E-state index is -0.384. The zero-order chi connectivity index (χ0) is 27.5. The summed E-state index contributed by atoms with van der Waals surface area (Å²) in [6.45, 7) is 14.6. The highest BCUT2D eigenvalue weighted by molar-refractivity contribution is 6.05. The molecule has 37 heavy (non-hydrogen) atoms. The Morgan fingerprint density at radius 3 is 2.57 bits per heavy atom. The van der Waals surface area contributed by atoms with Crippen LogP contribution in [0.25, 0.3) is 5.57 Å². The van der Waals surface area contributed by atoms with Gasteiger partial charge in [0.1, 0.15) is 5.82 Å². The molecule has 0 unspecified atom stereocenters. The lowest BCUT2D eigenvalue weighted by molar-refractivity contribution is 0.0950. The van der Waals surface area contributed by atoms with Crippen molar-refractivity contribution in [1.29, 1.82) is 5.41 Å². The largest absolute Gasteiger partial charge is 0.380 e. The molecule has 3 rings (SSSR count). The van der Waals surface area contributed by atoms with Crippen LogP contribution in [0.2, 0.25) is 0 Å². The summed E-state index contributed by atoms with van der Waals surface area (Å²) in [5.74, 6) is 0.0984. The Morgan fingerprint density at radius 1 is 1.27 bits per heavy atom. The second-order valence-electron chi connectivity index (χ2n) is 11.2. The summed E-state index contributed by atoms with van der Waals surface area (Å²) in [5, 5.41) is 17.9. The molecule has 9 nitrogen and oxygen atoms in total. The first-order valence-corrected chi connectivity index (χ1v) is 12.6. The minimum absolute atomic E-state index is 0.0296. The summed E-state index contributed by atoms with van der Waals surface area (Å²) in [5.41, 5.74) is 3.66. The maximum Gasteiger partial charge on any atom is 0.253 e. The molecule has 1 aliphatic rings. The Kier molecular flexibility index (Phi) is 8.39. The summed E-state index contributed by atoms with van der Waals surface area (Å²) < 4.78 is 5.25. The Morgan fingerprint density at radius 2 is 1.97 bits per heavy atom. The van der Waals surface area contributed by atoms with Gasteiger partial charge in [0.15, 0.2) is 0 Å². The number of ether oxygens (including phenoxy) is 1. The molecule has 9 heteroatoms. The number of aromatic nitrogens is 2. The number of nitrogens with one attached hydrogen (secondary N) is 5. The Bertz CT molecular complexity index is 1270. The van der Waals surface area contributed by atoms with Crippen molar-refractivity contribution in [2.75, 3.05) is 12.4 Å². The van der Waals surface area contributed by atoms with Gasteiger partial charge in [-0.05, 0) is 78.2 Å². The van der Waals surface area contributed by atoms with E-state index in [0.717, 1.165) is 29.5 Å². The van der Waals surface area contributed by atoms with Crippen molar-refractivity contribution in [3.63, 3.8) is 0 Å². The van der Waals surface area contributed by atoms with Gasteiger partial charge in [0.2, 0.25) is 0 Å². The van der Waals surface area contributed by atoms with Crippen LogP contribution in [0.4, 0.5) is 5.82 Å². The zero-order valence-corrected chi connectivity index (χ0v) is 23.2.